The number of nitrogens with zero attached hydrogens (tertiary/aromatic N) is 1. The van der Waals surface area contributed by atoms with Crippen LogP contribution in [-0.4, -0.2) is 28.4 Å². The van der Waals surface area contributed by atoms with Crippen LogP contribution in [0.1, 0.15) is 34.6 Å². The van der Waals surface area contributed by atoms with E-state index >= 15 is 0 Å². The first-order chi connectivity index (χ1) is 6.82. The Bertz CT molecular complexity index is 239. The van der Waals surface area contributed by atoms with Crippen molar-refractivity contribution in [3.8, 4) is 0 Å². The molecule has 0 aromatic rings. The van der Waals surface area contributed by atoms with Gasteiger partial charge in [0.1, 0.15) is 0 Å². The maximum absolute atomic E-state index is 12.2. The Morgan fingerprint density at radius 3 is 2.00 bits per heavy atom. The highest BCUT2D eigenvalue weighted by molar-refractivity contribution is 7.80. The molecule has 0 rings (SSSR count). The normalized spacial score (nSPS) is 13.0. The lowest BCUT2D eigenvalue weighted by Crippen LogP contribution is -2.46. The average Bonchev–Trinajstić information content (AvgIpc) is 2.02. The van der Waals surface area contributed by atoms with E-state index in [4.69, 9.17) is 18.0 Å². The van der Waals surface area contributed by atoms with Crippen LogP contribution in [0.3, 0.4) is 0 Å². The largest absolute Gasteiger partial charge is 0.393 e. The second-order valence-electron chi connectivity index (χ2n) is 4.34. The Labute approximate surface area is 98.0 Å². The molecule has 0 saturated heterocycles. The van der Waals surface area contributed by atoms with E-state index in [-0.39, 0.29) is 23.8 Å². The van der Waals surface area contributed by atoms with Gasteiger partial charge in [-0.15, -0.1) is 0 Å². The maximum atomic E-state index is 12.2. The zero-order valence-electron chi connectivity index (χ0n) is 10.3. The molecule has 88 valence electrons. The van der Waals surface area contributed by atoms with Crippen molar-refractivity contribution in [1.29, 1.82) is 0 Å². The fourth-order valence-corrected chi connectivity index (χ4v) is 2.06. The Morgan fingerprint density at radius 1 is 1.33 bits per heavy atom. The third-order valence-corrected chi connectivity index (χ3v) is 2.74. The molecule has 0 spiro atoms. The SMILES string of the molecule is CCN(C(=O)C(C(N)=S)C(C)C)C(C)C. The summed E-state index contributed by atoms with van der Waals surface area (Å²) >= 11 is 4.95. The van der Waals surface area contributed by atoms with Crippen molar-refractivity contribution in [1.82, 2.24) is 4.90 Å². The summed E-state index contributed by atoms with van der Waals surface area (Å²) < 4.78 is 0. The standard InChI is InChI=1S/C11H22N2OS/c1-6-13(8(4)5)11(14)9(7(2)3)10(12)15/h7-9H,6H2,1-5H3,(H2,12,15). The van der Waals surface area contributed by atoms with Crippen LogP contribution < -0.4 is 5.73 Å². The lowest BCUT2D eigenvalue weighted by molar-refractivity contribution is -0.135. The summed E-state index contributed by atoms with van der Waals surface area (Å²) in [7, 11) is 0. The predicted octanol–water partition coefficient (Wildman–Crippen LogP) is 1.80. The number of thiocarbonyl (C=S) groups is 1. The molecule has 1 atom stereocenters. The van der Waals surface area contributed by atoms with Gasteiger partial charge in [0.05, 0.1) is 10.9 Å². The number of nitrogens with two attached hydrogens (primary N) is 1. The van der Waals surface area contributed by atoms with Gasteiger partial charge in [0.15, 0.2) is 0 Å². The van der Waals surface area contributed by atoms with Gasteiger partial charge >= 0.3 is 0 Å². The van der Waals surface area contributed by atoms with Crippen LogP contribution in [0.2, 0.25) is 0 Å². The molecule has 3 nitrogen and oxygen atoms in total. The van der Waals surface area contributed by atoms with Crippen LogP contribution in [0.5, 0.6) is 0 Å². The Balaban J connectivity index is 4.84. The minimum atomic E-state index is -0.331. The van der Waals surface area contributed by atoms with Crippen LogP contribution >= 0.6 is 12.2 Å². The van der Waals surface area contributed by atoms with Gasteiger partial charge in [-0.25, -0.2) is 0 Å². The zero-order chi connectivity index (χ0) is 12.2. The Morgan fingerprint density at radius 2 is 1.80 bits per heavy atom. The number of amides is 1. The van der Waals surface area contributed by atoms with E-state index in [1.807, 2.05) is 39.5 Å². The number of carbonyl (C=O) groups excluding carboxylic acids is 1. The lowest BCUT2D eigenvalue weighted by atomic mass is 9.94. The average molecular weight is 230 g/mol. The molecule has 0 heterocycles. The second-order valence-corrected chi connectivity index (χ2v) is 4.81. The van der Waals surface area contributed by atoms with Gasteiger partial charge in [0.2, 0.25) is 5.91 Å². The highest BCUT2D eigenvalue weighted by Crippen LogP contribution is 2.16. The summed E-state index contributed by atoms with van der Waals surface area (Å²) in [6, 6.07) is 0.193. The van der Waals surface area contributed by atoms with Crippen molar-refractivity contribution in [2.24, 2.45) is 17.6 Å². The number of hydrogen-bond donors (Lipinski definition) is 1. The number of hydrogen-bond acceptors (Lipinski definition) is 2. The summed E-state index contributed by atoms with van der Waals surface area (Å²) in [5, 5.41) is 0. The van der Waals surface area contributed by atoms with Gasteiger partial charge in [0.25, 0.3) is 0 Å². The molecule has 0 aromatic heterocycles. The van der Waals surface area contributed by atoms with Crippen LogP contribution in [0, 0.1) is 11.8 Å². The summed E-state index contributed by atoms with van der Waals surface area (Å²) in [6.07, 6.45) is 0. The van der Waals surface area contributed by atoms with Gasteiger partial charge in [-0.2, -0.15) is 0 Å². The summed E-state index contributed by atoms with van der Waals surface area (Å²) in [5.74, 6) is -0.125. The Kier molecular flexibility index (Phi) is 5.80. The van der Waals surface area contributed by atoms with E-state index < -0.39 is 0 Å². The van der Waals surface area contributed by atoms with Gasteiger partial charge in [-0.1, -0.05) is 26.1 Å². The molecular formula is C11H22N2OS. The molecule has 15 heavy (non-hydrogen) atoms. The fraction of sp³-hybridized carbons (Fsp3) is 0.818. The molecule has 2 N–H and O–H groups in total. The van der Waals surface area contributed by atoms with Crippen molar-refractivity contribution < 1.29 is 4.79 Å². The van der Waals surface area contributed by atoms with Crippen molar-refractivity contribution in [2.45, 2.75) is 40.7 Å². The van der Waals surface area contributed by atoms with Crippen LogP contribution in [0.15, 0.2) is 0 Å². The van der Waals surface area contributed by atoms with Crippen molar-refractivity contribution in [3.63, 3.8) is 0 Å². The quantitative estimate of drug-likeness (QED) is 0.733. The maximum Gasteiger partial charge on any atom is 0.232 e. The molecule has 0 fully saturated rings. The third kappa shape index (κ3) is 3.78. The van der Waals surface area contributed by atoms with Crippen molar-refractivity contribution >= 4 is 23.1 Å². The lowest BCUT2D eigenvalue weighted by Gasteiger charge is -2.30. The van der Waals surface area contributed by atoms with E-state index in [1.165, 1.54) is 0 Å². The summed E-state index contributed by atoms with van der Waals surface area (Å²) in [6.45, 7) is 10.6. The molecular weight excluding hydrogens is 208 g/mol. The van der Waals surface area contributed by atoms with Crippen molar-refractivity contribution in [2.75, 3.05) is 6.54 Å². The third-order valence-electron chi connectivity index (χ3n) is 2.49. The van der Waals surface area contributed by atoms with Gasteiger partial charge in [-0.05, 0) is 26.7 Å². The first-order valence-corrected chi connectivity index (χ1v) is 5.83. The predicted molar refractivity (Wildman–Crippen MR) is 67.6 cm³/mol. The fourth-order valence-electron chi connectivity index (χ4n) is 1.69. The van der Waals surface area contributed by atoms with E-state index in [1.54, 1.807) is 0 Å². The number of rotatable bonds is 5. The second kappa shape index (κ2) is 6.05. The van der Waals surface area contributed by atoms with Crippen molar-refractivity contribution in [3.05, 3.63) is 0 Å². The minimum Gasteiger partial charge on any atom is -0.393 e. The highest BCUT2D eigenvalue weighted by atomic mass is 32.1. The topological polar surface area (TPSA) is 46.3 Å². The van der Waals surface area contributed by atoms with Crippen LogP contribution in [-0.2, 0) is 4.79 Å². The van der Waals surface area contributed by atoms with Gasteiger partial charge < -0.3 is 10.6 Å². The molecule has 0 aliphatic carbocycles. The molecule has 1 unspecified atom stereocenters. The minimum absolute atomic E-state index is 0.0509. The van der Waals surface area contributed by atoms with Crippen LogP contribution in [0.25, 0.3) is 0 Å². The van der Waals surface area contributed by atoms with E-state index in [9.17, 15) is 4.79 Å². The molecule has 0 aliphatic heterocycles. The van der Waals surface area contributed by atoms with Crippen LogP contribution in [0.4, 0.5) is 0 Å². The first kappa shape index (κ1) is 14.4. The first-order valence-electron chi connectivity index (χ1n) is 5.42. The number of carbonyl (C=O) groups is 1. The summed E-state index contributed by atoms with van der Waals surface area (Å²) in [5.41, 5.74) is 5.62. The van der Waals surface area contributed by atoms with E-state index in [2.05, 4.69) is 0 Å². The molecule has 0 bridgehead atoms. The Hall–Kier alpha value is -0.640. The molecule has 0 radical (unpaired) electrons. The molecule has 0 aromatic carbocycles. The molecule has 0 saturated carbocycles. The van der Waals surface area contributed by atoms with E-state index in [0.717, 1.165) is 0 Å². The zero-order valence-corrected chi connectivity index (χ0v) is 11.1. The molecule has 0 aliphatic rings. The summed E-state index contributed by atoms with van der Waals surface area (Å²) in [4.78, 5) is 14.3. The smallest absolute Gasteiger partial charge is 0.232 e. The van der Waals surface area contributed by atoms with Gasteiger partial charge in [-0.3, -0.25) is 4.79 Å². The highest BCUT2D eigenvalue weighted by Gasteiger charge is 2.29. The molecule has 1 amide bonds. The van der Waals surface area contributed by atoms with E-state index in [0.29, 0.717) is 11.5 Å². The van der Waals surface area contributed by atoms with Gasteiger partial charge in [0, 0.05) is 12.6 Å². The monoisotopic (exact) mass is 230 g/mol. The molecule has 4 heteroatoms.